The van der Waals surface area contributed by atoms with Crippen molar-refractivity contribution in [2.75, 3.05) is 26.3 Å². The zero-order valence-electron chi connectivity index (χ0n) is 8.64. The van der Waals surface area contributed by atoms with Crippen molar-refractivity contribution >= 4 is 0 Å². The highest BCUT2D eigenvalue weighted by atomic mass is 16.5. The van der Waals surface area contributed by atoms with Gasteiger partial charge in [0.2, 0.25) is 0 Å². The van der Waals surface area contributed by atoms with E-state index in [0.717, 1.165) is 45.6 Å². The molecule has 1 fully saturated rings. The summed E-state index contributed by atoms with van der Waals surface area (Å²) in [6.07, 6.45) is 4.58. The molecule has 0 bridgehead atoms. The van der Waals surface area contributed by atoms with Gasteiger partial charge in [0.15, 0.2) is 0 Å². The molecule has 0 aromatic heterocycles. The molecule has 13 heavy (non-hydrogen) atoms. The topological polar surface area (TPSA) is 47.3 Å². The molecule has 0 aromatic carbocycles. The van der Waals surface area contributed by atoms with Crippen LogP contribution in [0.25, 0.3) is 0 Å². The molecule has 0 radical (unpaired) electrons. The van der Waals surface area contributed by atoms with Crippen LogP contribution in [0.2, 0.25) is 0 Å². The van der Waals surface area contributed by atoms with E-state index in [2.05, 4.69) is 12.2 Å². The lowest BCUT2D eigenvalue weighted by molar-refractivity contribution is 0.0453. The summed E-state index contributed by atoms with van der Waals surface area (Å²) >= 11 is 0. The maximum atomic E-state index is 5.43. The highest BCUT2D eigenvalue weighted by molar-refractivity contribution is 4.84. The predicted molar refractivity (Wildman–Crippen MR) is 54.7 cm³/mol. The first kappa shape index (κ1) is 11.0. The Morgan fingerprint density at radius 3 is 2.62 bits per heavy atom. The second kappa shape index (κ2) is 5.58. The van der Waals surface area contributed by atoms with Crippen molar-refractivity contribution in [3.8, 4) is 0 Å². The van der Waals surface area contributed by atoms with Crippen LogP contribution in [0.15, 0.2) is 0 Å². The van der Waals surface area contributed by atoms with Crippen molar-refractivity contribution in [1.29, 1.82) is 0 Å². The van der Waals surface area contributed by atoms with Crippen LogP contribution in [0, 0.1) is 0 Å². The quantitative estimate of drug-likeness (QED) is 0.627. The van der Waals surface area contributed by atoms with Gasteiger partial charge in [-0.25, -0.2) is 0 Å². The predicted octanol–water partition coefficient (Wildman–Crippen LogP) is 0.884. The summed E-state index contributed by atoms with van der Waals surface area (Å²) in [7, 11) is 0. The third-order valence-electron chi connectivity index (χ3n) is 2.78. The van der Waals surface area contributed by atoms with Gasteiger partial charge >= 0.3 is 0 Å². The normalized spacial score (nSPS) is 21.7. The van der Waals surface area contributed by atoms with Gasteiger partial charge in [-0.1, -0.05) is 0 Å². The third kappa shape index (κ3) is 4.07. The number of hydrogen-bond acceptors (Lipinski definition) is 3. The highest BCUT2D eigenvalue weighted by Crippen LogP contribution is 2.19. The number of nitrogens with two attached hydrogens (primary N) is 1. The zero-order valence-corrected chi connectivity index (χ0v) is 8.64. The fourth-order valence-electron chi connectivity index (χ4n) is 1.66. The molecule has 0 saturated carbocycles. The molecule has 0 atom stereocenters. The van der Waals surface area contributed by atoms with Crippen molar-refractivity contribution < 1.29 is 4.74 Å². The highest BCUT2D eigenvalue weighted by Gasteiger charge is 2.25. The maximum Gasteiger partial charge on any atom is 0.0483 e. The van der Waals surface area contributed by atoms with Crippen molar-refractivity contribution in [3.63, 3.8) is 0 Å². The number of rotatable bonds is 5. The van der Waals surface area contributed by atoms with Crippen LogP contribution in [0.3, 0.4) is 0 Å². The second-order valence-corrected chi connectivity index (χ2v) is 4.10. The minimum atomic E-state index is 0.312. The fourth-order valence-corrected chi connectivity index (χ4v) is 1.66. The van der Waals surface area contributed by atoms with Gasteiger partial charge in [-0.2, -0.15) is 0 Å². The number of nitrogens with one attached hydrogen (secondary N) is 1. The summed E-state index contributed by atoms with van der Waals surface area (Å²) in [6, 6.07) is 0. The lowest BCUT2D eigenvalue weighted by atomic mass is 9.92. The minimum absolute atomic E-state index is 0.312. The molecule has 0 aliphatic carbocycles. The van der Waals surface area contributed by atoms with Gasteiger partial charge in [0.25, 0.3) is 0 Å². The first-order chi connectivity index (χ1) is 6.27. The van der Waals surface area contributed by atoms with Crippen LogP contribution in [0.5, 0.6) is 0 Å². The Labute approximate surface area is 81.0 Å². The number of ether oxygens (including phenoxy) is 1. The van der Waals surface area contributed by atoms with Crippen molar-refractivity contribution in [2.45, 2.75) is 38.1 Å². The van der Waals surface area contributed by atoms with Crippen LogP contribution in [-0.4, -0.2) is 31.8 Å². The Hall–Kier alpha value is -0.120. The molecule has 3 heteroatoms. The van der Waals surface area contributed by atoms with Crippen LogP contribution < -0.4 is 11.1 Å². The molecule has 0 amide bonds. The standard InChI is InChI=1S/C10H22N2O/c1-10(4-8-13-9-5-10)12-7-3-2-6-11/h12H,2-9,11H2,1H3. The largest absolute Gasteiger partial charge is 0.381 e. The van der Waals surface area contributed by atoms with Gasteiger partial charge in [-0.05, 0) is 45.7 Å². The summed E-state index contributed by atoms with van der Waals surface area (Å²) in [6.45, 7) is 5.99. The second-order valence-electron chi connectivity index (χ2n) is 4.10. The summed E-state index contributed by atoms with van der Waals surface area (Å²) in [5.41, 5.74) is 5.75. The number of unbranched alkanes of at least 4 members (excludes halogenated alkanes) is 1. The minimum Gasteiger partial charge on any atom is -0.381 e. The molecular weight excluding hydrogens is 164 g/mol. The lowest BCUT2D eigenvalue weighted by Crippen LogP contribution is -2.47. The van der Waals surface area contributed by atoms with Gasteiger partial charge < -0.3 is 15.8 Å². The molecule has 1 aliphatic heterocycles. The van der Waals surface area contributed by atoms with Crippen LogP contribution in [0.1, 0.15) is 32.6 Å². The van der Waals surface area contributed by atoms with Gasteiger partial charge in [-0.3, -0.25) is 0 Å². The third-order valence-corrected chi connectivity index (χ3v) is 2.78. The van der Waals surface area contributed by atoms with E-state index in [1.165, 1.54) is 6.42 Å². The monoisotopic (exact) mass is 186 g/mol. The van der Waals surface area contributed by atoms with E-state index in [-0.39, 0.29) is 0 Å². The Morgan fingerprint density at radius 2 is 2.00 bits per heavy atom. The average Bonchev–Trinajstić information content (AvgIpc) is 2.14. The average molecular weight is 186 g/mol. The van der Waals surface area contributed by atoms with E-state index in [1.807, 2.05) is 0 Å². The van der Waals surface area contributed by atoms with Crippen LogP contribution >= 0.6 is 0 Å². The molecule has 0 aromatic rings. The van der Waals surface area contributed by atoms with E-state index in [4.69, 9.17) is 10.5 Å². The van der Waals surface area contributed by atoms with Gasteiger partial charge in [0.05, 0.1) is 0 Å². The first-order valence-corrected chi connectivity index (χ1v) is 5.30. The van der Waals surface area contributed by atoms with Crippen molar-refractivity contribution in [3.05, 3.63) is 0 Å². The van der Waals surface area contributed by atoms with E-state index in [9.17, 15) is 0 Å². The molecule has 0 spiro atoms. The summed E-state index contributed by atoms with van der Waals surface area (Å²) in [4.78, 5) is 0. The zero-order chi connectivity index (χ0) is 9.57. The molecule has 1 saturated heterocycles. The van der Waals surface area contributed by atoms with Gasteiger partial charge in [0.1, 0.15) is 0 Å². The molecule has 1 rings (SSSR count). The Kier molecular flexibility index (Phi) is 4.70. The SMILES string of the molecule is CC1(NCCCCN)CCOCC1. The first-order valence-electron chi connectivity index (χ1n) is 5.30. The molecule has 1 heterocycles. The summed E-state index contributed by atoms with van der Waals surface area (Å²) in [5.74, 6) is 0. The van der Waals surface area contributed by atoms with Crippen molar-refractivity contribution in [1.82, 2.24) is 5.32 Å². The Balaban J connectivity index is 2.10. The summed E-state index contributed by atoms with van der Waals surface area (Å²) < 4.78 is 5.33. The van der Waals surface area contributed by atoms with E-state index < -0.39 is 0 Å². The summed E-state index contributed by atoms with van der Waals surface area (Å²) in [5, 5.41) is 3.60. The Bertz CT molecular complexity index is 133. The molecular formula is C10H22N2O. The molecule has 1 aliphatic rings. The van der Waals surface area contributed by atoms with E-state index >= 15 is 0 Å². The van der Waals surface area contributed by atoms with Gasteiger partial charge in [-0.15, -0.1) is 0 Å². The van der Waals surface area contributed by atoms with Crippen LogP contribution in [-0.2, 0) is 4.74 Å². The lowest BCUT2D eigenvalue weighted by Gasteiger charge is -2.34. The fraction of sp³-hybridized carbons (Fsp3) is 1.00. The van der Waals surface area contributed by atoms with Crippen molar-refractivity contribution in [2.24, 2.45) is 5.73 Å². The van der Waals surface area contributed by atoms with E-state index in [1.54, 1.807) is 0 Å². The number of hydrogen-bond donors (Lipinski definition) is 2. The van der Waals surface area contributed by atoms with E-state index in [0.29, 0.717) is 5.54 Å². The molecule has 0 unspecified atom stereocenters. The molecule has 3 nitrogen and oxygen atoms in total. The van der Waals surface area contributed by atoms with Gasteiger partial charge in [0, 0.05) is 18.8 Å². The Morgan fingerprint density at radius 1 is 1.31 bits per heavy atom. The van der Waals surface area contributed by atoms with Crippen LogP contribution in [0.4, 0.5) is 0 Å². The molecule has 78 valence electrons. The molecule has 3 N–H and O–H groups in total. The maximum absolute atomic E-state index is 5.43. The smallest absolute Gasteiger partial charge is 0.0483 e.